The van der Waals surface area contributed by atoms with Crippen molar-refractivity contribution in [2.75, 3.05) is 20.2 Å². The molecule has 8 nitrogen and oxygen atoms in total. The molecule has 1 aromatic carbocycles. The fraction of sp³-hybridized carbons (Fsp3) is 0.400. The molecule has 0 heterocycles. The first-order valence-corrected chi connectivity index (χ1v) is 5.94. The van der Waals surface area contributed by atoms with Crippen LogP contribution < -0.4 is 4.74 Å². The normalized spacial score (nSPS) is 10.5. The molecule has 0 bridgehead atoms. The van der Waals surface area contributed by atoms with Crippen molar-refractivity contribution in [2.45, 2.75) is 5.92 Å². The molecule has 0 aliphatic heterocycles. The van der Waals surface area contributed by atoms with E-state index in [1.807, 2.05) is 0 Å². The third kappa shape index (κ3) is 4.05. The van der Waals surface area contributed by atoms with E-state index in [9.17, 15) is 25.3 Å². The molecular weight excluding hydrogens is 324 g/mol. The van der Waals surface area contributed by atoms with Crippen LogP contribution in [-0.2, 0) is 0 Å². The van der Waals surface area contributed by atoms with Crippen LogP contribution in [0.5, 0.6) is 11.5 Å². The Morgan fingerprint density at radius 3 is 2.26 bits per heavy atom. The lowest BCUT2D eigenvalue weighted by Crippen LogP contribution is -2.21. The molecule has 0 saturated carbocycles. The molecule has 0 aliphatic carbocycles. The van der Waals surface area contributed by atoms with Crippen LogP contribution in [0, 0.1) is 20.2 Å². The average molecular weight is 335 g/mol. The molecule has 1 aromatic rings. The highest BCUT2D eigenvalue weighted by atomic mass is 79.9. The number of rotatable bonds is 6. The number of methoxy groups -OCH3 is 1. The standard InChI is InChI=1S/C10H11BrN2O6/c1-19-10-3-8(11)7(2-9(10)14)6(4-12(15)16)5-13(17)18/h2-3,6,14H,4-5H2,1H3. The summed E-state index contributed by atoms with van der Waals surface area (Å²) in [5.41, 5.74) is 0.298. The van der Waals surface area contributed by atoms with Gasteiger partial charge in [-0.1, -0.05) is 15.9 Å². The largest absolute Gasteiger partial charge is 0.504 e. The topological polar surface area (TPSA) is 116 Å². The first kappa shape index (κ1) is 15.2. The third-order valence-corrected chi connectivity index (χ3v) is 3.16. The SMILES string of the molecule is COc1cc(Br)c(C(C[N+](=O)[O-])C[N+](=O)[O-])cc1O. The first-order valence-electron chi connectivity index (χ1n) is 5.15. The number of aromatic hydroxyl groups is 1. The molecule has 0 aromatic heterocycles. The Bertz CT molecular complexity index is 491. The van der Waals surface area contributed by atoms with E-state index in [1.165, 1.54) is 19.2 Å². The number of phenolic OH excluding ortho intramolecular Hbond substituents is 1. The predicted molar refractivity (Wildman–Crippen MR) is 68.8 cm³/mol. The van der Waals surface area contributed by atoms with Crippen LogP contribution in [0.25, 0.3) is 0 Å². The van der Waals surface area contributed by atoms with Gasteiger partial charge in [0.05, 0.1) is 7.11 Å². The van der Waals surface area contributed by atoms with Crippen molar-refractivity contribution in [2.24, 2.45) is 0 Å². The van der Waals surface area contributed by atoms with E-state index in [0.29, 0.717) is 10.0 Å². The number of halogens is 1. The Kier molecular flexibility index (Phi) is 5.04. The van der Waals surface area contributed by atoms with Gasteiger partial charge in [-0.05, 0) is 17.7 Å². The molecule has 0 amide bonds. The smallest absolute Gasteiger partial charge is 0.217 e. The summed E-state index contributed by atoms with van der Waals surface area (Å²) in [4.78, 5) is 19.9. The Morgan fingerprint density at radius 1 is 1.32 bits per heavy atom. The van der Waals surface area contributed by atoms with E-state index in [0.717, 1.165) is 0 Å². The Hall–Kier alpha value is -1.90. The number of benzene rings is 1. The van der Waals surface area contributed by atoms with E-state index >= 15 is 0 Å². The lowest BCUT2D eigenvalue weighted by Gasteiger charge is -2.13. The van der Waals surface area contributed by atoms with Gasteiger partial charge in [-0.25, -0.2) is 0 Å². The molecule has 1 N–H and O–H groups in total. The van der Waals surface area contributed by atoms with Crippen molar-refractivity contribution in [1.82, 2.24) is 0 Å². The van der Waals surface area contributed by atoms with E-state index in [1.54, 1.807) is 0 Å². The molecule has 0 aliphatic rings. The lowest BCUT2D eigenvalue weighted by atomic mass is 9.99. The zero-order valence-electron chi connectivity index (χ0n) is 9.91. The van der Waals surface area contributed by atoms with Crippen LogP contribution in [0.4, 0.5) is 0 Å². The van der Waals surface area contributed by atoms with Gasteiger partial charge < -0.3 is 9.84 Å². The van der Waals surface area contributed by atoms with Gasteiger partial charge in [-0.2, -0.15) is 0 Å². The van der Waals surface area contributed by atoms with Crippen LogP contribution in [-0.4, -0.2) is 35.2 Å². The summed E-state index contributed by atoms with van der Waals surface area (Å²) in [6.07, 6.45) is 0. The minimum absolute atomic E-state index is 0.177. The van der Waals surface area contributed by atoms with Crippen LogP contribution in [0.15, 0.2) is 16.6 Å². The molecule has 0 radical (unpaired) electrons. The molecule has 19 heavy (non-hydrogen) atoms. The molecule has 0 unspecified atom stereocenters. The maximum Gasteiger partial charge on any atom is 0.217 e. The molecule has 9 heteroatoms. The zero-order chi connectivity index (χ0) is 14.6. The van der Waals surface area contributed by atoms with Crippen molar-refractivity contribution >= 4 is 15.9 Å². The second kappa shape index (κ2) is 6.32. The van der Waals surface area contributed by atoms with E-state index in [-0.39, 0.29) is 11.5 Å². The summed E-state index contributed by atoms with van der Waals surface area (Å²) < 4.78 is 5.29. The van der Waals surface area contributed by atoms with Gasteiger partial charge in [0.15, 0.2) is 11.5 Å². The second-order valence-corrected chi connectivity index (χ2v) is 4.63. The number of phenols is 1. The minimum Gasteiger partial charge on any atom is -0.504 e. The summed E-state index contributed by atoms with van der Waals surface area (Å²) in [6, 6.07) is 2.65. The van der Waals surface area contributed by atoms with Gasteiger partial charge in [-0.3, -0.25) is 20.2 Å². The van der Waals surface area contributed by atoms with Gasteiger partial charge in [0.1, 0.15) is 5.92 Å². The fourth-order valence-electron chi connectivity index (χ4n) is 1.65. The van der Waals surface area contributed by atoms with Crippen molar-refractivity contribution in [3.63, 3.8) is 0 Å². The number of hydrogen-bond acceptors (Lipinski definition) is 6. The molecule has 0 fully saturated rings. The summed E-state index contributed by atoms with van der Waals surface area (Å²) >= 11 is 3.17. The second-order valence-electron chi connectivity index (χ2n) is 3.77. The van der Waals surface area contributed by atoms with Gasteiger partial charge in [0.25, 0.3) is 0 Å². The van der Waals surface area contributed by atoms with Crippen molar-refractivity contribution in [3.8, 4) is 11.5 Å². The molecule has 1 rings (SSSR count). The van der Waals surface area contributed by atoms with E-state index < -0.39 is 28.9 Å². The molecule has 0 saturated heterocycles. The number of nitro groups is 2. The fourth-order valence-corrected chi connectivity index (χ4v) is 2.30. The maximum atomic E-state index is 10.6. The first-order chi connectivity index (χ1) is 8.85. The zero-order valence-corrected chi connectivity index (χ0v) is 11.5. The Labute approximate surface area is 116 Å². The highest BCUT2D eigenvalue weighted by Gasteiger charge is 2.27. The quantitative estimate of drug-likeness (QED) is 0.626. The molecule has 0 atom stereocenters. The van der Waals surface area contributed by atoms with Gasteiger partial charge >= 0.3 is 0 Å². The van der Waals surface area contributed by atoms with Crippen LogP contribution >= 0.6 is 15.9 Å². The molecule has 0 spiro atoms. The maximum absolute atomic E-state index is 10.6. The van der Waals surface area contributed by atoms with Crippen LogP contribution in [0.1, 0.15) is 11.5 Å². The third-order valence-electron chi connectivity index (χ3n) is 2.48. The minimum atomic E-state index is -0.934. The molecule has 104 valence electrons. The Morgan fingerprint density at radius 2 is 1.84 bits per heavy atom. The number of nitrogens with zero attached hydrogens (tertiary/aromatic N) is 2. The van der Waals surface area contributed by atoms with Gasteiger partial charge in [-0.15, -0.1) is 0 Å². The summed E-state index contributed by atoms with van der Waals surface area (Å²) in [7, 11) is 1.35. The highest BCUT2D eigenvalue weighted by Crippen LogP contribution is 2.36. The summed E-state index contributed by atoms with van der Waals surface area (Å²) in [6.45, 7) is -1.18. The van der Waals surface area contributed by atoms with Crippen LogP contribution in [0.3, 0.4) is 0 Å². The summed E-state index contributed by atoms with van der Waals surface area (Å²) in [5.74, 6) is -0.981. The highest BCUT2D eigenvalue weighted by molar-refractivity contribution is 9.10. The van der Waals surface area contributed by atoms with Crippen molar-refractivity contribution < 1.29 is 19.7 Å². The summed E-state index contributed by atoms with van der Waals surface area (Å²) in [5, 5.41) is 30.8. The van der Waals surface area contributed by atoms with E-state index in [2.05, 4.69) is 15.9 Å². The van der Waals surface area contributed by atoms with Crippen molar-refractivity contribution in [3.05, 3.63) is 42.4 Å². The van der Waals surface area contributed by atoms with Gasteiger partial charge in [0.2, 0.25) is 13.1 Å². The van der Waals surface area contributed by atoms with Crippen molar-refractivity contribution in [1.29, 1.82) is 0 Å². The predicted octanol–water partition coefficient (Wildman–Crippen LogP) is 1.80. The number of hydrogen-bond donors (Lipinski definition) is 1. The monoisotopic (exact) mass is 334 g/mol. The molecular formula is C10H11BrN2O6. The Balaban J connectivity index is 3.17. The van der Waals surface area contributed by atoms with Gasteiger partial charge in [0, 0.05) is 14.3 Å². The average Bonchev–Trinajstić information content (AvgIpc) is 2.29. The lowest BCUT2D eigenvalue weighted by molar-refractivity contribution is -0.516. The van der Waals surface area contributed by atoms with Crippen LogP contribution in [0.2, 0.25) is 0 Å². The van der Waals surface area contributed by atoms with E-state index in [4.69, 9.17) is 4.74 Å². The number of ether oxygens (including phenoxy) is 1.